The summed E-state index contributed by atoms with van der Waals surface area (Å²) in [6.45, 7) is 3.03. The fraction of sp³-hybridized carbons (Fsp3) is 0.571. The fourth-order valence-corrected chi connectivity index (χ4v) is 1.61. The van der Waals surface area contributed by atoms with Gasteiger partial charge < -0.3 is 0 Å². The molecule has 0 spiro atoms. The molecule has 0 aliphatic rings. The van der Waals surface area contributed by atoms with Gasteiger partial charge in [-0.3, -0.25) is 10.6 Å². The van der Waals surface area contributed by atoms with Crippen molar-refractivity contribution in [3.05, 3.63) is 16.6 Å². The molecule has 0 bridgehead atoms. The zero-order valence-electron chi connectivity index (χ0n) is 6.79. The highest BCUT2D eigenvalue weighted by Crippen LogP contribution is 2.11. The molecule has 0 aliphatic heterocycles. The van der Waals surface area contributed by atoms with E-state index in [-0.39, 0.29) is 6.17 Å². The molecule has 0 fully saturated rings. The molecule has 1 rings (SSSR count). The van der Waals surface area contributed by atoms with Crippen molar-refractivity contribution >= 4 is 11.3 Å². The van der Waals surface area contributed by atoms with Gasteiger partial charge in [-0.1, -0.05) is 6.92 Å². The Morgan fingerprint density at radius 3 is 3.00 bits per heavy atom. The van der Waals surface area contributed by atoms with Gasteiger partial charge in [0.25, 0.3) is 0 Å². The minimum absolute atomic E-state index is 0.208. The van der Waals surface area contributed by atoms with E-state index < -0.39 is 0 Å². The first-order valence-corrected chi connectivity index (χ1v) is 4.56. The number of rotatable bonds is 4. The van der Waals surface area contributed by atoms with Gasteiger partial charge in [-0.25, -0.2) is 4.98 Å². The van der Waals surface area contributed by atoms with Crippen LogP contribution < -0.4 is 10.6 Å². The summed E-state index contributed by atoms with van der Waals surface area (Å²) in [6, 6.07) is 0. The Hall–Kier alpha value is -0.450. The molecule has 11 heavy (non-hydrogen) atoms. The topological polar surface area (TPSA) is 37.0 Å². The molecule has 0 saturated carbocycles. The average molecular weight is 171 g/mol. The van der Waals surface area contributed by atoms with Crippen LogP contribution in [0.25, 0.3) is 0 Å². The SMILES string of the molecule is CCNC(NC)c1nccs1. The van der Waals surface area contributed by atoms with Gasteiger partial charge in [-0.05, 0) is 13.6 Å². The van der Waals surface area contributed by atoms with Crippen molar-refractivity contribution in [3.8, 4) is 0 Å². The Morgan fingerprint density at radius 2 is 2.55 bits per heavy atom. The van der Waals surface area contributed by atoms with Gasteiger partial charge in [0, 0.05) is 11.6 Å². The van der Waals surface area contributed by atoms with Crippen LogP contribution in [0.5, 0.6) is 0 Å². The largest absolute Gasteiger partial charge is 0.299 e. The van der Waals surface area contributed by atoms with E-state index in [9.17, 15) is 0 Å². The lowest BCUT2D eigenvalue weighted by molar-refractivity contribution is 0.486. The van der Waals surface area contributed by atoms with Crippen molar-refractivity contribution in [2.45, 2.75) is 13.1 Å². The molecule has 1 aromatic heterocycles. The molecule has 3 nitrogen and oxygen atoms in total. The van der Waals surface area contributed by atoms with Crippen molar-refractivity contribution in [2.24, 2.45) is 0 Å². The van der Waals surface area contributed by atoms with Gasteiger partial charge in [0.1, 0.15) is 11.2 Å². The van der Waals surface area contributed by atoms with E-state index in [1.807, 2.05) is 18.6 Å². The molecule has 0 aliphatic carbocycles. The van der Waals surface area contributed by atoms with E-state index in [1.54, 1.807) is 11.3 Å². The van der Waals surface area contributed by atoms with Crippen LogP contribution in [0.1, 0.15) is 18.1 Å². The predicted molar refractivity (Wildman–Crippen MR) is 47.6 cm³/mol. The predicted octanol–water partition coefficient (Wildman–Crippen LogP) is 0.971. The van der Waals surface area contributed by atoms with Gasteiger partial charge in [0.15, 0.2) is 0 Å². The van der Waals surface area contributed by atoms with Crippen LogP contribution in [0.15, 0.2) is 11.6 Å². The van der Waals surface area contributed by atoms with Gasteiger partial charge >= 0.3 is 0 Å². The van der Waals surface area contributed by atoms with Gasteiger partial charge in [0.05, 0.1) is 0 Å². The van der Waals surface area contributed by atoms with Crippen LogP contribution in [0.2, 0.25) is 0 Å². The van der Waals surface area contributed by atoms with E-state index in [0.29, 0.717) is 0 Å². The first kappa shape index (κ1) is 8.64. The standard InChI is InChI=1S/C7H13N3S/c1-3-9-6(8-2)7-10-4-5-11-7/h4-6,8-9H,3H2,1-2H3. The van der Waals surface area contributed by atoms with E-state index >= 15 is 0 Å². The molecule has 1 atom stereocenters. The van der Waals surface area contributed by atoms with Gasteiger partial charge in [0.2, 0.25) is 0 Å². The second-order valence-corrected chi connectivity index (χ2v) is 3.08. The molecule has 1 unspecified atom stereocenters. The lowest BCUT2D eigenvalue weighted by atomic mass is 10.5. The highest BCUT2D eigenvalue weighted by molar-refractivity contribution is 7.09. The van der Waals surface area contributed by atoms with Crippen LogP contribution in [-0.2, 0) is 0 Å². The Balaban J connectivity index is 2.56. The van der Waals surface area contributed by atoms with Crippen molar-refractivity contribution in [1.29, 1.82) is 0 Å². The van der Waals surface area contributed by atoms with Crippen molar-refractivity contribution in [3.63, 3.8) is 0 Å². The molecule has 0 aromatic carbocycles. The molecule has 1 heterocycles. The smallest absolute Gasteiger partial charge is 0.124 e. The molecule has 0 radical (unpaired) electrons. The van der Waals surface area contributed by atoms with Crippen LogP contribution >= 0.6 is 11.3 Å². The third-order valence-electron chi connectivity index (χ3n) is 1.40. The van der Waals surface area contributed by atoms with E-state index in [2.05, 4.69) is 22.5 Å². The summed E-state index contributed by atoms with van der Waals surface area (Å²) in [5, 5.41) is 9.49. The average Bonchev–Trinajstić information content (AvgIpc) is 2.52. The third kappa shape index (κ3) is 2.25. The Bertz CT molecular complexity index is 186. The van der Waals surface area contributed by atoms with E-state index in [1.165, 1.54) is 0 Å². The number of hydrogen-bond donors (Lipinski definition) is 2. The second-order valence-electron chi connectivity index (χ2n) is 2.15. The number of nitrogens with one attached hydrogen (secondary N) is 2. The summed E-state index contributed by atoms with van der Waals surface area (Å²) >= 11 is 1.66. The normalized spacial score (nSPS) is 13.3. The summed E-state index contributed by atoms with van der Waals surface area (Å²) in [7, 11) is 1.93. The van der Waals surface area contributed by atoms with E-state index in [0.717, 1.165) is 11.6 Å². The number of thiazole rings is 1. The number of hydrogen-bond acceptors (Lipinski definition) is 4. The van der Waals surface area contributed by atoms with Gasteiger partial charge in [-0.2, -0.15) is 0 Å². The molecule has 4 heteroatoms. The molecule has 0 amide bonds. The summed E-state index contributed by atoms with van der Waals surface area (Å²) in [5.74, 6) is 0. The maximum Gasteiger partial charge on any atom is 0.124 e. The first-order chi connectivity index (χ1) is 5.38. The van der Waals surface area contributed by atoms with Gasteiger partial charge in [-0.15, -0.1) is 11.3 Å². The Morgan fingerprint density at radius 1 is 1.73 bits per heavy atom. The number of nitrogens with zero attached hydrogens (tertiary/aromatic N) is 1. The van der Waals surface area contributed by atoms with Crippen molar-refractivity contribution in [1.82, 2.24) is 15.6 Å². The first-order valence-electron chi connectivity index (χ1n) is 3.68. The monoisotopic (exact) mass is 171 g/mol. The summed E-state index contributed by atoms with van der Waals surface area (Å²) in [5.41, 5.74) is 0. The summed E-state index contributed by atoms with van der Waals surface area (Å²) < 4.78 is 0. The molecular formula is C7H13N3S. The summed E-state index contributed by atoms with van der Waals surface area (Å²) in [4.78, 5) is 4.20. The quantitative estimate of drug-likeness (QED) is 0.663. The zero-order chi connectivity index (χ0) is 8.10. The molecule has 2 N–H and O–H groups in total. The number of aromatic nitrogens is 1. The molecular weight excluding hydrogens is 158 g/mol. The van der Waals surface area contributed by atoms with Crippen LogP contribution in [0.3, 0.4) is 0 Å². The highest BCUT2D eigenvalue weighted by atomic mass is 32.1. The second kappa shape index (κ2) is 4.43. The van der Waals surface area contributed by atoms with Crippen molar-refractivity contribution < 1.29 is 0 Å². The Labute approximate surface area is 70.9 Å². The van der Waals surface area contributed by atoms with Crippen molar-refractivity contribution in [2.75, 3.05) is 13.6 Å². The minimum Gasteiger partial charge on any atom is -0.299 e. The maximum absolute atomic E-state index is 4.20. The molecule has 1 aromatic rings. The Kier molecular flexibility index (Phi) is 3.48. The zero-order valence-corrected chi connectivity index (χ0v) is 7.61. The lowest BCUT2D eigenvalue weighted by Gasteiger charge is -2.13. The van der Waals surface area contributed by atoms with Crippen LogP contribution in [0, 0.1) is 0 Å². The molecule has 62 valence electrons. The van der Waals surface area contributed by atoms with E-state index in [4.69, 9.17) is 0 Å². The summed E-state index contributed by atoms with van der Waals surface area (Å²) in [6.07, 6.45) is 2.03. The van der Waals surface area contributed by atoms with Crippen LogP contribution in [-0.4, -0.2) is 18.6 Å². The van der Waals surface area contributed by atoms with Crippen LogP contribution in [0.4, 0.5) is 0 Å². The third-order valence-corrected chi connectivity index (χ3v) is 2.24. The molecule has 0 saturated heterocycles. The highest BCUT2D eigenvalue weighted by Gasteiger charge is 2.08. The lowest BCUT2D eigenvalue weighted by Crippen LogP contribution is -2.31. The maximum atomic E-state index is 4.20. The minimum atomic E-state index is 0.208. The fourth-order valence-electron chi connectivity index (χ4n) is 0.894.